The van der Waals surface area contributed by atoms with E-state index in [2.05, 4.69) is 10.3 Å². The van der Waals surface area contributed by atoms with Gasteiger partial charge in [0.1, 0.15) is 5.70 Å². The fraction of sp³-hybridized carbons (Fsp3) is 0.389. The van der Waals surface area contributed by atoms with Crippen LogP contribution in [-0.4, -0.2) is 29.8 Å². The SMILES string of the molecule is CSON1C(C)=C1CNc1ccc(N=C(C=C(N)C(F)(F)F)C2CC2)cc1. The van der Waals surface area contributed by atoms with Gasteiger partial charge >= 0.3 is 6.18 Å². The molecule has 0 saturated heterocycles. The van der Waals surface area contributed by atoms with Crippen molar-refractivity contribution in [3.05, 3.63) is 47.4 Å². The second kappa shape index (κ2) is 7.85. The molecule has 0 atom stereocenters. The van der Waals surface area contributed by atoms with E-state index in [9.17, 15) is 13.2 Å². The van der Waals surface area contributed by atoms with Crippen LogP contribution < -0.4 is 11.1 Å². The zero-order valence-corrected chi connectivity index (χ0v) is 15.8. The van der Waals surface area contributed by atoms with Crippen LogP contribution >= 0.6 is 12.0 Å². The van der Waals surface area contributed by atoms with E-state index in [1.54, 1.807) is 17.2 Å². The summed E-state index contributed by atoms with van der Waals surface area (Å²) in [5.41, 5.74) is 8.06. The van der Waals surface area contributed by atoms with Gasteiger partial charge < -0.3 is 11.1 Å². The first-order valence-corrected chi connectivity index (χ1v) is 9.62. The summed E-state index contributed by atoms with van der Waals surface area (Å²) in [6.45, 7) is 2.61. The predicted octanol–water partition coefficient (Wildman–Crippen LogP) is 4.74. The van der Waals surface area contributed by atoms with Gasteiger partial charge in [-0.15, -0.1) is 0 Å². The second-order valence-electron chi connectivity index (χ2n) is 6.38. The van der Waals surface area contributed by atoms with E-state index in [1.807, 2.05) is 25.3 Å². The standard InChI is InChI=1S/C18H21F3N4OS/c1-11-16(25(11)26-27-2)10-23-13-5-7-14(8-6-13)24-15(12-3-4-12)9-17(22)18(19,20)21/h5-9,12,23H,3-4,10,22H2,1-2H3. The number of nitrogens with zero attached hydrogens (tertiary/aromatic N) is 2. The number of anilines is 1. The van der Waals surface area contributed by atoms with Gasteiger partial charge in [-0.3, -0.25) is 4.99 Å². The highest BCUT2D eigenvalue weighted by Gasteiger charge is 2.34. The predicted molar refractivity (Wildman–Crippen MR) is 102 cm³/mol. The van der Waals surface area contributed by atoms with Crippen molar-refractivity contribution in [3.63, 3.8) is 0 Å². The lowest BCUT2D eigenvalue weighted by atomic mass is 10.2. The Morgan fingerprint density at radius 3 is 2.59 bits per heavy atom. The molecular weight excluding hydrogens is 377 g/mol. The number of halogens is 3. The molecule has 0 spiro atoms. The van der Waals surface area contributed by atoms with Gasteiger partial charge in [-0.2, -0.15) is 17.5 Å². The molecule has 27 heavy (non-hydrogen) atoms. The molecule has 9 heteroatoms. The summed E-state index contributed by atoms with van der Waals surface area (Å²) in [5, 5.41) is 5.03. The van der Waals surface area contributed by atoms with Gasteiger partial charge in [0, 0.05) is 35.6 Å². The number of alkyl halides is 3. The minimum atomic E-state index is -4.53. The number of benzene rings is 1. The molecule has 0 aromatic heterocycles. The monoisotopic (exact) mass is 398 g/mol. The average molecular weight is 398 g/mol. The number of aliphatic imine (C=N–C) groups is 1. The third kappa shape index (κ3) is 5.20. The molecule has 0 bridgehead atoms. The summed E-state index contributed by atoms with van der Waals surface area (Å²) in [7, 11) is 0. The van der Waals surface area contributed by atoms with Crippen LogP contribution in [0.15, 0.2) is 52.4 Å². The number of nitrogens with one attached hydrogen (secondary N) is 1. The van der Waals surface area contributed by atoms with Crippen LogP contribution in [0.25, 0.3) is 0 Å². The zero-order chi connectivity index (χ0) is 19.6. The van der Waals surface area contributed by atoms with Crippen molar-refractivity contribution >= 4 is 29.1 Å². The summed E-state index contributed by atoms with van der Waals surface area (Å²) < 4.78 is 43.3. The molecule has 3 rings (SSSR count). The first-order chi connectivity index (χ1) is 12.8. The maximum atomic E-state index is 12.7. The van der Waals surface area contributed by atoms with Gasteiger partial charge in [-0.05, 0) is 50.1 Å². The Morgan fingerprint density at radius 2 is 2.04 bits per heavy atom. The average Bonchev–Trinajstić information content (AvgIpc) is 3.53. The van der Waals surface area contributed by atoms with Gasteiger partial charge in [0.05, 0.1) is 23.6 Å². The van der Waals surface area contributed by atoms with E-state index < -0.39 is 11.9 Å². The second-order valence-corrected chi connectivity index (χ2v) is 6.86. The lowest BCUT2D eigenvalue weighted by Gasteiger charge is -2.08. The smallest absolute Gasteiger partial charge is 0.395 e. The Morgan fingerprint density at radius 1 is 1.37 bits per heavy atom. The molecule has 2 aliphatic rings. The minimum absolute atomic E-state index is 0.0518. The third-order valence-electron chi connectivity index (χ3n) is 4.28. The van der Waals surface area contributed by atoms with E-state index in [4.69, 9.17) is 10.0 Å². The molecule has 0 amide bonds. The minimum Gasteiger partial charge on any atom is -0.395 e. The van der Waals surface area contributed by atoms with Crippen molar-refractivity contribution in [1.29, 1.82) is 0 Å². The fourth-order valence-electron chi connectivity index (χ4n) is 2.50. The summed E-state index contributed by atoms with van der Waals surface area (Å²) in [6, 6.07) is 7.23. The van der Waals surface area contributed by atoms with Crippen molar-refractivity contribution in [1.82, 2.24) is 5.06 Å². The Kier molecular flexibility index (Phi) is 5.71. The first-order valence-electron chi connectivity index (χ1n) is 8.47. The molecule has 1 aromatic rings. The highest BCUT2D eigenvalue weighted by atomic mass is 32.2. The van der Waals surface area contributed by atoms with E-state index in [1.165, 1.54) is 12.0 Å². The zero-order valence-electron chi connectivity index (χ0n) is 15.0. The molecule has 3 N–H and O–H groups in total. The van der Waals surface area contributed by atoms with Crippen molar-refractivity contribution < 1.29 is 17.5 Å². The molecule has 5 nitrogen and oxygen atoms in total. The lowest BCUT2D eigenvalue weighted by Crippen LogP contribution is -2.21. The number of allylic oxidation sites excluding steroid dienone is 3. The van der Waals surface area contributed by atoms with Crippen molar-refractivity contribution in [2.24, 2.45) is 16.6 Å². The molecule has 1 saturated carbocycles. The number of hydroxylamine groups is 2. The number of hydrogen-bond acceptors (Lipinski definition) is 6. The molecule has 146 valence electrons. The van der Waals surface area contributed by atoms with Crippen molar-refractivity contribution in [2.45, 2.75) is 25.9 Å². The van der Waals surface area contributed by atoms with E-state index in [-0.39, 0.29) is 5.92 Å². The Balaban J connectivity index is 1.63. The van der Waals surface area contributed by atoms with Gasteiger partial charge in [-0.25, -0.2) is 5.06 Å². The molecule has 0 radical (unpaired) electrons. The van der Waals surface area contributed by atoms with E-state index in [0.717, 1.165) is 36.0 Å². The largest absolute Gasteiger partial charge is 0.430 e. The van der Waals surface area contributed by atoms with Gasteiger partial charge in [-0.1, -0.05) is 0 Å². The van der Waals surface area contributed by atoms with E-state index in [0.29, 0.717) is 17.9 Å². The molecule has 1 heterocycles. The Labute approximate surface area is 160 Å². The number of nitrogens with two attached hydrogens (primary N) is 1. The van der Waals surface area contributed by atoms with E-state index >= 15 is 0 Å². The van der Waals surface area contributed by atoms with Crippen LogP contribution in [0.3, 0.4) is 0 Å². The Hall–Kier alpha value is -2.13. The maximum Gasteiger partial charge on any atom is 0.430 e. The van der Waals surface area contributed by atoms with Crippen molar-refractivity contribution in [2.75, 3.05) is 18.1 Å². The normalized spacial score (nSPS) is 18.2. The molecule has 1 aromatic carbocycles. The molecule has 0 unspecified atom stereocenters. The molecule has 1 aliphatic carbocycles. The quantitative estimate of drug-likeness (QED) is 0.489. The highest BCUT2D eigenvalue weighted by molar-refractivity contribution is 7.93. The van der Waals surface area contributed by atoms with Crippen molar-refractivity contribution in [3.8, 4) is 0 Å². The Bertz CT molecular complexity index is 783. The van der Waals surface area contributed by atoms with Gasteiger partial charge in [0.2, 0.25) is 0 Å². The van der Waals surface area contributed by atoms with Crippen LogP contribution in [0.4, 0.5) is 24.5 Å². The fourth-order valence-corrected chi connectivity index (χ4v) is 2.85. The molecule has 1 aliphatic heterocycles. The lowest BCUT2D eigenvalue weighted by molar-refractivity contribution is -0.0925. The number of rotatable bonds is 8. The summed E-state index contributed by atoms with van der Waals surface area (Å²) in [5.74, 6) is 0.0518. The summed E-state index contributed by atoms with van der Waals surface area (Å²) in [6.07, 6.45) is -0.0604. The highest BCUT2D eigenvalue weighted by Crippen LogP contribution is 2.35. The maximum absolute atomic E-state index is 12.7. The van der Waals surface area contributed by atoms with Gasteiger partial charge in [0.25, 0.3) is 0 Å². The molecule has 1 fully saturated rings. The topological polar surface area (TPSA) is 62.6 Å². The van der Waals surface area contributed by atoms with Crippen LogP contribution in [0, 0.1) is 5.92 Å². The summed E-state index contributed by atoms with van der Waals surface area (Å²) in [4.78, 5) is 4.36. The molecular formula is C18H21F3N4OS. The van der Waals surface area contributed by atoms with Crippen LogP contribution in [-0.2, 0) is 4.28 Å². The van der Waals surface area contributed by atoms with Crippen LogP contribution in [0.2, 0.25) is 0 Å². The van der Waals surface area contributed by atoms with Crippen LogP contribution in [0.1, 0.15) is 19.8 Å². The van der Waals surface area contributed by atoms with Gasteiger partial charge in [0.15, 0.2) is 0 Å². The first kappa shape index (κ1) is 19.6. The number of hydrogen-bond donors (Lipinski definition) is 2. The third-order valence-corrected chi connectivity index (χ3v) is 4.58. The summed E-state index contributed by atoms with van der Waals surface area (Å²) >= 11 is 1.28. The van der Waals surface area contributed by atoms with Crippen LogP contribution in [0.5, 0.6) is 0 Å².